The van der Waals surface area contributed by atoms with E-state index < -0.39 is 0 Å². The van der Waals surface area contributed by atoms with Gasteiger partial charge in [-0.25, -0.2) is 0 Å². The van der Waals surface area contributed by atoms with E-state index in [1.165, 1.54) is 0 Å². The summed E-state index contributed by atoms with van der Waals surface area (Å²) in [6, 6.07) is 3.88. The lowest BCUT2D eigenvalue weighted by Crippen LogP contribution is -2.34. The van der Waals surface area contributed by atoms with Crippen LogP contribution in [0.3, 0.4) is 0 Å². The number of hydrogen-bond acceptors (Lipinski definition) is 3. The third-order valence-corrected chi connectivity index (χ3v) is 3.88. The van der Waals surface area contributed by atoms with Crippen LogP contribution >= 0.6 is 0 Å². The zero-order chi connectivity index (χ0) is 14.0. The molecule has 0 saturated heterocycles. The van der Waals surface area contributed by atoms with Crippen LogP contribution in [-0.4, -0.2) is 26.1 Å². The predicted octanol–water partition coefficient (Wildman–Crippen LogP) is 1.78. The molecule has 1 amide bonds. The summed E-state index contributed by atoms with van der Waals surface area (Å²) in [6.45, 7) is 5.21. The molecule has 1 aliphatic carbocycles. The Morgan fingerprint density at radius 3 is 2.63 bits per heavy atom. The van der Waals surface area contributed by atoms with Crippen LogP contribution in [0.15, 0.2) is 12.1 Å². The zero-order valence-corrected chi connectivity index (χ0v) is 11.9. The Morgan fingerprint density at radius 1 is 1.42 bits per heavy atom. The number of carbonyl (C=O) groups excluding carboxylic acids is 1. The van der Waals surface area contributed by atoms with Crippen molar-refractivity contribution in [3.63, 3.8) is 0 Å². The van der Waals surface area contributed by atoms with Crippen molar-refractivity contribution < 1.29 is 9.53 Å². The van der Waals surface area contributed by atoms with E-state index in [2.05, 4.69) is 5.32 Å². The highest BCUT2D eigenvalue weighted by Crippen LogP contribution is 2.43. The lowest BCUT2D eigenvalue weighted by atomic mass is 10.0. The Bertz CT molecular complexity index is 493. The first-order valence-corrected chi connectivity index (χ1v) is 6.65. The van der Waals surface area contributed by atoms with Gasteiger partial charge in [0, 0.05) is 12.0 Å². The van der Waals surface area contributed by atoms with Gasteiger partial charge in [0.1, 0.15) is 5.75 Å². The molecule has 0 atom stereocenters. The molecule has 104 valence electrons. The van der Waals surface area contributed by atoms with E-state index in [-0.39, 0.29) is 11.3 Å². The van der Waals surface area contributed by atoms with Gasteiger partial charge >= 0.3 is 0 Å². The molecule has 0 spiro atoms. The molecule has 0 radical (unpaired) electrons. The topological polar surface area (TPSA) is 64.3 Å². The van der Waals surface area contributed by atoms with Crippen LogP contribution < -0.4 is 15.8 Å². The van der Waals surface area contributed by atoms with E-state index in [4.69, 9.17) is 10.5 Å². The SMILES string of the molecule is COc1c(C)cc(C)cc1C(=O)NCC1(CN)CC1. The highest BCUT2D eigenvalue weighted by molar-refractivity contribution is 5.97. The number of rotatable bonds is 5. The molecule has 1 aromatic carbocycles. The van der Waals surface area contributed by atoms with Gasteiger partial charge in [0.2, 0.25) is 0 Å². The molecule has 1 fully saturated rings. The van der Waals surface area contributed by atoms with Crippen molar-refractivity contribution in [2.75, 3.05) is 20.2 Å². The summed E-state index contributed by atoms with van der Waals surface area (Å²) in [6.07, 6.45) is 2.21. The minimum Gasteiger partial charge on any atom is -0.496 e. The first kappa shape index (κ1) is 13.9. The molecule has 1 saturated carbocycles. The van der Waals surface area contributed by atoms with Crippen LogP contribution in [0.2, 0.25) is 0 Å². The highest BCUT2D eigenvalue weighted by atomic mass is 16.5. The van der Waals surface area contributed by atoms with E-state index in [0.717, 1.165) is 24.0 Å². The summed E-state index contributed by atoms with van der Waals surface area (Å²) in [4.78, 5) is 12.3. The molecule has 19 heavy (non-hydrogen) atoms. The van der Waals surface area contributed by atoms with Gasteiger partial charge in [0.15, 0.2) is 0 Å². The number of aryl methyl sites for hydroxylation is 2. The molecular weight excluding hydrogens is 240 g/mol. The van der Waals surface area contributed by atoms with Gasteiger partial charge in [0.25, 0.3) is 5.91 Å². The molecule has 2 rings (SSSR count). The standard InChI is InChI=1S/C15H22N2O2/c1-10-6-11(2)13(19-3)12(7-10)14(18)17-9-15(8-16)4-5-15/h6-7H,4-5,8-9,16H2,1-3H3,(H,17,18). The minimum absolute atomic E-state index is 0.0802. The van der Waals surface area contributed by atoms with Gasteiger partial charge in [-0.1, -0.05) is 6.07 Å². The van der Waals surface area contributed by atoms with Crippen LogP contribution in [0.25, 0.3) is 0 Å². The summed E-state index contributed by atoms with van der Waals surface area (Å²) in [5.41, 5.74) is 8.51. The number of nitrogens with two attached hydrogens (primary N) is 1. The van der Waals surface area contributed by atoms with Gasteiger partial charge in [-0.3, -0.25) is 4.79 Å². The summed E-state index contributed by atoms with van der Waals surface area (Å²) >= 11 is 0. The number of hydrogen-bond donors (Lipinski definition) is 2. The van der Waals surface area contributed by atoms with Crippen LogP contribution in [-0.2, 0) is 0 Å². The normalized spacial score (nSPS) is 16.0. The second-order valence-corrected chi connectivity index (χ2v) is 5.55. The molecule has 0 unspecified atom stereocenters. The molecular formula is C15H22N2O2. The third kappa shape index (κ3) is 2.89. The smallest absolute Gasteiger partial charge is 0.255 e. The van der Waals surface area contributed by atoms with Gasteiger partial charge in [-0.2, -0.15) is 0 Å². The first-order chi connectivity index (χ1) is 9.01. The fourth-order valence-corrected chi connectivity index (χ4v) is 2.39. The third-order valence-electron chi connectivity index (χ3n) is 3.88. The summed E-state index contributed by atoms with van der Waals surface area (Å²) in [7, 11) is 1.59. The predicted molar refractivity (Wildman–Crippen MR) is 75.5 cm³/mol. The monoisotopic (exact) mass is 262 g/mol. The van der Waals surface area contributed by atoms with Gasteiger partial charge in [-0.05, 0) is 50.4 Å². The van der Waals surface area contributed by atoms with Crippen molar-refractivity contribution in [1.29, 1.82) is 0 Å². The summed E-state index contributed by atoms with van der Waals surface area (Å²) in [5.74, 6) is 0.573. The van der Waals surface area contributed by atoms with Gasteiger partial charge in [0.05, 0.1) is 12.7 Å². The molecule has 4 heteroatoms. The fraction of sp³-hybridized carbons (Fsp3) is 0.533. The Hall–Kier alpha value is -1.55. The molecule has 0 heterocycles. The van der Waals surface area contributed by atoms with E-state index in [1.54, 1.807) is 7.11 Å². The Morgan fingerprint density at radius 2 is 2.11 bits per heavy atom. The van der Waals surface area contributed by atoms with Crippen LogP contribution in [0.5, 0.6) is 5.75 Å². The molecule has 1 aliphatic rings. The summed E-state index contributed by atoms with van der Waals surface area (Å²) in [5, 5.41) is 2.98. The maximum absolute atomic E-state index is 12.3. The molecule has 0 aromatic heterocycles. The quantitative estimate of drug-likeness (QED) is 0.850. The maximum Gasteiger partial charge on any atom is 0.255 e. The lowest BCUT2D eigenvalue weighted by Gasteiger charge is -2.16. The average Bonchev–Trinajstić information content (AvgIpc) is 3.16. The number of benzene rings is 1. The first-order valence-electron chi connectivity index (χ1n) is 6.65. The number of nitrogens with one attached hydrogen (secondary N) is 1. The van der Waals surface area contributed by atoms with Crippen LogP contribution in [0, 0.1) is 19.3 Å². The molecule has 1 aromatic rings. The van der Waals surface area contributed by atoms with Crippen LogP contribution in [0.1, 0.15) is 34.3 Å². The molecule has 3 N–H and O–H groups in total. The fourth-order valence-electron chi connectivity index (χ4n) is 2.39. The van der Waals surface area contributed by atoms with Crippen molar-refractivity contribution in [2.24, 2.45) is 11.1 Å². The van der Waals surface area contributed by atoms with Crippen molar-refractivity contribution in [2.45, 2.75) is 26.7 Å². The molecule has 0 bridgehead atoms. The van der Waals surface area contributed by atoms with Gasteiger partial charge < -0.3 is 15.8 Å². The largest absolute Gasteiger partial charge is 0.496 e. The lowest BCUT2D eigenvalue weighted by molar-refractivity contribution is 0.0942. The van der Waals surface area contributed by atoms with E-state index in [1.807, 2.05) is 26.0 Å². The van der Waals surface area contributed by atoms with Crippen molar-refractivity contribution in [1.82, 2.24) is 5.32 Å². The van der Waals surface area contributed by atoms with E-state index in [0.29, 0.717) is 24.4 Å². The van der Waals surface area contributed by atoms with Crippen molar-refractivity contribution in [3.8, 4) is 5.75 Å². The highest BCUT2D eigenvalue weighted by Gasteiger charge is 2.41. The minimum atomic E-state index is -0.0802. The maximum atomic E-state index is 12.3. The van der Waals surface area contributed by atoms with E-state index in [9.17, 15) is 4.79 Å². The summed E-state index contributed by atoms with van der Waals surface area (Å²) < 4.78 is 5.34. The number of amides is 1. The number of carbonyl (C=O) groups is 1. The number of ether oxygens (including phenoxy) is 1. The Labute approximate surface area is 114 Å². The van der Waals surface area contributed by atoms with Gasteiger partial charge in [-0.15, -0.1) is 0 Å². The molecule has 4 nitrogen and oxygen atoms in total. The Balaban J connectivity index is 2.14. The van der Waals surface area contributed by atoms with Crippen molar-refractivity contribution in [3.05, 3.63) is 28.8 Å². The average molecular weight is 262 g/mol. The zero-order valence-electron chi connectivity index (χ0n) is 11.9. The van der Waals surface area contributed by atoms with E-state index >= 15 is 0 Å². The molecule has 0 aliphatic heterocycles. The van der Waals surface area contributed by atoms with Crippen molar-refractivity contribution >= 4 is 5.91 Å². The second kappa shape index (κ2) is 5.21. The number of methoxy groups -OCH3 is 1. The second-order valence-electron chi connectivity index (χ2n) is 5.55. The van der Waals surface area contributed by atoms with Crippen LogP contribution in [0.4, 0.5) is 0 Å². The Kier molecular flexibility index (Phi) is 3.80.